The molecule has 0 aromatic heterocycles. The van der Waals surface area contributed by atoms with Crippen LogP contribution in [0.15, 0.2) is 33.6 Å². The topological polar surface area (TPSA) is 74.7 Å². The van der Waals surface area contributed by atoms with Gasteiger partial charge in [0.2, 0.25) is 0 Å². The monoisotopic (exact) mass is 411 g/mol. The third-order valence-electron chi connectivity index (χ3n) is 3.69. The molecule has 1 aliphatic rings. The molecular weight excluding hydrogens is 394 g/mol. The average Bonchev–Trinajstić information content (AvgIpc) is 2.45. The van der Waals surface area contributed by atoms with E-state index in [0.29, 0.717) is 24.4 Å². The number of piperidine rings is 1. The Morgan fingerprint density at radius 2 is 2.14 bits per heavy atom. The predicted molar refractivity (Wildman–Crippen MR) is 90.2 cm³/mol. The van der Waals surface area contributed by atoms with Gasteiger partial charge in [-0.1, -0.05) is 22.0 Å². The number of carboxylic acids is 1. The van der Waals surface area contributed by atoms with Crippen molar-refractivity contribution in [3.63, 3.8) is 0 Å². The van der Waals surface area contributed by atoms with Crippen LogP contribution in [-0.4, -0.2) is 49.8 Å². The van der Waals surface area contributed by atoms with E-state index in [0.717, 1.165) is 17.4 Å². The lowest BCUT2D eigenvalue weighted by Crippen LogP contribution is -2.40. The third-order valence-corrected chi connectivity index (χ3v) is 5.87. The maximum absolute atomic E-state index is 12.3. The molecule has 5 nitrogen and oxygen atoms in total. The van der Waals surface area contributed by atoms with E-state index in [9.17, 15) is 13.2 Å². The molecule has 22 heavy (non-hydrogen) atoms. The fourth-order valence-corrected chi connectivity index (χ4v) is 4.37. The van der Waals surface area contributed by atoms with Gasteiger partial charge in [0, 0.05) is 17.6 Å². The van der Waals surface area contributed by atoms with Crippen molar-refractivity contribution >= 4 is 44.1 Å². The molecule has 1 aliphatic heterocycles. The molecule has 0 saturated carbocycles. The third kappa shape index (κ3) is 5.22. The lowest BCUT2D eigenvalue weighted by Gasteiger charge is -2.30. The van der Waals surface area contributed by atoms with E-state index in [2.05, 4.69) is 15.9 Å². The number of halogens is 2. The van der Waals surface area contributed by atoms with Gasteiger partial charge in [-0.25, -0.2) is 8.42 Å². The Hall–Kier alpha value is -0.630. The first-order valence-electron chi connectivity index (χ1n) is 6.82. The highest BCUT2D eigenvalue weighted by Gasteiger charge is 2.26. The second-order valence-corrected chi connectivity index (χ2v) is 8.28. The normalized spacial score (nSPS) is 19.4. The number of carbonyl (C=O) groups is 1. The van der Waals surface area contributed by atoms with Crippen molar-refractivity contribution in [2.45, 2.75) is 17.7 Å². The molecule has 0 spiro atoms. The molecule has 0 amide bonds. The van der Waals surface area contributed by atoms with Gasteiger partial charge in [-0.2, -0.15) is 0 Å². The Kier molecular flexibility index (Phi) is 7.31. The Morgan fingerprint density at radius 3 is 2.77 bits per heavy atom. The lowest BCUT2D eigenvalue weighted by molar-refractivity contribution is -0.143. The summed E-state index contributed by atoms with van der Waals surface area (Å²) in [6, 6.07) is 6.64. The highest BCUT2D eigenvalue weighted by molar-refractivity contribution is 9.10. The van der Waals surface area contributed by atoms with Gasteiger partial charge in [-0.15, -0.1) is 12.4 Å². The van der Waals surface area contributed by atoms with Crippen LogP contribution in [0.25, 0.3) is 0 Å². The molecule has 1 fully saturated rings. The lowest BCUT2D eigenvalue weighted by atomic mass is 9.98. The summed E-state index contributed by atoms with van der Waals surface area (Å²) in [5.41, 5.74) is 0. The Bertz CT molecular complexity index is 623. The number of benzene rings is 1. The van der Waals surface area contributed by atoms with E-state index >= 15 is 0 Å². The number of sulfone groups is 1. The quantitative estimate of drug-likeness (QED) is 0.804. The van der Waals surface area contributed by atoms with E-state index in [1.807, 2.05) is 4.90 Å². The van der Waals surface area contributed by atoms with Gasteiger partial charge in [0.05, 0.1) is 16.6 Å². The summed E-state index contributed by atoms with van der Waals surface area (Å²) in [5, 5.41) is 9.04. The van der Waals surface area contributed by atoms with E-state index < -0.39 is 15.8 Å². The molecule has 1 atom stereocenters. The van der Waals surface area contributed by atoms with Crippen molar-refractivity contribution in [1.29, 1.82) is 0 Å². The molecular formula is C14H19BrClNO4S. The summed E-state index contributed by atoms with van der Waals surface area (Å²) in [6.07, 6.45) is 1.47. The van der Waals surface area contributed by atoms with Crippen LogP contribution in [-0.2, 0) is 14.6 Å². The SMILES string of the molecule is Cl.O=C(O)C1CCCN(CCS(=O)(=O)c2cccc(Br)c2)C1. The van der Waals surface area contributed by atoms with Crippen LogP contribution < -0.4 is 0 Å². The van der Waals surface area contributed by atoms with Crippen LogP contribution >= 0.6 is 28.3 Å². The largest absolute Gasteiger partial charge is 0.481 e. The van der Waals surface area contributed by atoms with Crippen LogP contribution in [0.4, 0.5) is 0 Å². The molecule has 1 aromatic rings. The van der Waals surface area contributed by atoms with E-state index in [-0.39, 0.29) is 24.1 Å². The number of nitrogens with zero attached hydrogens (tertiary/aromatic N) is 1. The maximum atomic E-state index is 12.3. The summed E-state index contributed by atoms with van der Waals surface area (Å²) in [6.45, 7) is 1.57. The summed E-state index contributed by atoms with van der Waals surface area (Å²) in [4.78, 5) is 13.2. The molecule has 0 bridgehead atoms. The van der Waals surface area contributed by atoms with Crippen LogP contribution in [0.5, 0.6) is 0 Å². The van der Waals surface area contributed by atoms with Gasteiger partial charge < -0.3 is 10.0 Å². The van der Waals surface area contributed by atoms with Crippen molar-refractivity contribution in [3.05, 3.63) is 28.7 Å². The molecule has 2 rings (SSSR count). The molecule has 1 N–H and O–H groups in total. The smallest absolute Gasteiger partial charge is 0.307 e. The van der Waals surface area contributed by atoms with Gasteiger partial charge in [-0.05, 0) is 37.6 Å². The minimum atomic E-state index is -3.34. The zero-order valence-electron chi connectivity index (χ0n) is 11.9. The van der Waals surface area contributed by atoms with Crippen LogP contribution in [0.2, 0.25) is 0 Å². The zero-order chi connectivity index (χ0) is 15.5. The molecule has 0 radical (unpaired) electrons. The highest BCUT2D eigenvalue weighted by Crippen LogP contribution is 2.19. The summed E-state index contributed by atoms with van der Waals surface area (Å²) >= 11 is 3.27. The molecule has 0 aliphatic carbocycles. The number of hydrogen-bond donors (Lipinski definition) is 1. The first-order valence-corrected chi connectivity index (χ1v) is 9.26. The molecule has 1 heterocycles. The summed E-state index contributed by atoms with van der Waals surface area (Å²) in [7, 11) is -3.34. The van der Waals surface area contributed by atoms with Gasteiger partial charge >= 0.3 is 5.97 Å². The number of carboxylic acid groups (broad SMARTS) is 1. The minimum absolute atomic E-state index is 0. The van der Waals surface area contributed by atoms with Gasteiger partial charge in [0.1, 0.15) is 0 Å². The fourth-order valence-electron chi connectivity index (χ4n) is 2.49. The number of rotatable bonds is 5. The number of aliphatic carboxylic acids is 1. The van der Waals surface area contributed by atoms with Crippen LogP contribution in [0, 0.1) is 5.92 Å². The van der Waals surface area contributed by atoms with E-state index in [1.165, 1.54) is 0 Å². The van der Waals surface area contributed by atoms with E-state index in [4.69, 9.17) is 5.11 Å². The summed E-state index contributed by atoms with van der Waals surface area (Å²) < 4.78 is 25.3. The standard InChI is InChI=1S/C14H18BrNO4S.ClH/c15-12-4-1-5-13(9-12)21(19,20)8-7-16-6-2-3-11(10-16)14(17)18;/h1,4-5,9,11H,2-3,6-8,10H2,(H,17,18);1H. The van der Waals surface area contributed by atoms with Gasteiger partial charge in [0.15, 0.2) is 9.84 Å². The van der Waals surface area contributed by atoms with Crippen molar-refractivity contribution in [2.75, 3.05) is 25.4 Å². The van der Waals surface area contributed by atoms with Crippen molar-refractivity contribution in [2.24, 2.45) is 5.92 Å². The number of hydrogen-bond acceptors (Lipinski definition) is 4. The molecule has 8 heteroatoms. The second-order valence-electron chi connectivity index (χ2n) is 5.25. The first-order chi connectivity index (χ1) is 9.88. The average molecular weight is 413 g/mol. The molecule has 1 aromatic carbocycles. The van der Waals surface area contributed by atoms with Crippen molar-refractivity contribution in [3.8, 4) is 0 Å². The van der Waals surface area contributed by atoms with Gasteiger partial charge in [0.25, 0.3) is 0 Å². The number of likely N-dealkylation sites (tertiary alicyclic amines) is 1. The molecule has 124 valence electrons. The summed E-state index contributed by atoms with van der Waals surface area (Å²) in [5.74, 6) is -1.17. The Balaban J connectivity index is 0.00000242. The first kappa shape index (κ1) is 19.4. The van der Waals surface area contributed by atoms with Crippen molar-refractivity contribution < 1.29 is 18.3 Å². The Morgan fingerprint density at radius 1 is 1.41 bits per heavy atom. The Labute approximate surface area is 145 Å². The molecule has 1 unspecified atom stereocenters. The van der Waals surface area contributed by atoms with Gasteiger partial charge in [-0.3, -0.25) is 4.79 Å². The fraction of sp³-hybridized carbons (Fsp3) is 0.500. The zero-order valence-corrected chi connectivity index (χ0v) is 15.2. The minimum Gasteiger partial charge on any atom is -0.481 e. The van der Waals surface area contributed by atoms with E-state index in [1.54, 1.807) is 24.3 Å². The predicted octanol–water partition coefficient (Wildman–Crippen LogP) is 2.44. The molecule has 1 saturated heterocycles. The maximum Gasteiger partial charge on any atom is 0.307 e. The van der Waals surface area contributed by atoms with Crippen LogP contribution in [0.3, 0.4) is 0 Å². The second kappa shape index (κ2) is 8.29. The van der Waals surface area contributed by atoms with Crippen molar-refractivity contribution in [1.82, 2.24) is 4.90 Å². The highest BCUT2D eigenvalue weighted by atomic mass is 79.9. The van der Waals surface area contributed by atoms with Crippen LogP contribution in [0.1, 0.15) is 12.8 Å².